The summed E-state index contributed by atoms with van der Waals surface area (Å²) in [5.41, 5.74) is 6.76. The van der Waals surface area contributed by atoms with Gasteiger partial charge in [-0.25, -0.2) is 4.79 Å². The van der Waals surface area contributed by atoms with Crippen molar-refractivity contribution in [2.24, 2.45) is 11.7 Å². The second kappa shape index (κ2) is 6.71. The number of carbonyl (C=O) groups excluding carboxylic acids is 1. The molecule has 0 amide bonds. The Kier molecular flexibility index (Phi) is 4.97. The molecule has 19 heavy (non-hydrogen) atoms. The van der Waals surface area contributed by atoms with Crippen LogP contribution in [0.15, 0.2) is 30.3 Å². The summed E-state index contributed by atoms with van der Waals surface area (Å²) >= 11 is 0. The van der Waals surface area contributed by atoms with Crippen molar-refractivity contribution in [1.29, 1.82) is 0 Å². The van der Waals surface area contributed by atoms with Gasteiger partial charge in [-0.05, 0) is 30.7 Å². The first-order valence-corrected chi connectivity index (χ1v) is 7.21. The van der Waals surface area contributed by atoms with Crippen LogP contribution in [0.4, 0.5) is 0 Å². The molecule has 0 aliphatic heterocycles. The van der Waals surface area contributed by atoms with E-state index in [-0.39, 0.29) is 12.1 Å². The predicted molar refractivity (Wildman–Crippen MR) is 75.5 cm³/mol. The van der Waals surface area contributed by atoms with Crippen LogP contribution in [0.5, 0.6) is 0 Å². The summed E-state index contributed by atoms with van der Waals surface area (Å²) in [6, 6.07) is 8.74. The maximum absolute atomic E-state index is 12.1. The molecule has 0 bridgehead atoms. The third kappa shape index (κ3) is 3.80. The molecule has 2 N–H and O–H groups in total. The summed E-state index contributed by atoms with van der Waals surface area (Å²) in [6.45, 7) is 2.20. The van der Waals surface area contributed by atoms with Gasteiger partial charge in [0.15, 0.2) is 0 Å². The predicted octanol–water partition coefficient (Wildman–Crippen LogP) is 3.20. The Bertz CT molecular complexity index is 404. The Hall–Kier alpha value is -1.35. The van der Waals surface area contributed by atoms with Crippen LogP contribution in [-0.2, 0) is 9.53 Å². The van der Waals surface area contributed by atoms with Gasteiger partial charge in [-0.2, -0.15) is 0 Å². The van der Waals surface area contributed by atoms with Crippen molar-refractivity contribution >= 4 is 5.97 Å². The van der Waals surface area contributed by atoms with E-state index in [0.29, 0.717) is 5.92 Å². The van der Waals surface area contributed by atoms with E-state index in [1.54, 1.807) is 0 Å². The average molecular weight is 261 g/mol. The van der Waals surface area contributed by atoms with Crippen LogP contribution in [0.25, 0.3) is 0 Å². The maximum Gasteiger partial charge on any atom is 0.327 e. The summed E-state index contributed by atoms with van der Waals surface area (Å²) in [4.78, 5) is 12.1. The smallest absolute Gasteiger partial charge is 0.327 e. The number of nitrogens with two attached hydrogens (primary N) is 1. The molecule has 2 rings (SSSR count). The van der Waals surface area contributed by atoms with Gasteiger partial charge >= 0.3 is 5.97 Å². The van der Waals surface area contributed by atoms with E-state index in [2.05, 4.69) is 6.92 Å². The Labute approximate surface area is 115 Å². The third-order valence-corrected chi connectivity index (χ3v) is 4.01. The molecule has 1 aliphatic carbocycles. The Morgan fingerprint density at radius 3 is 2.79 bits per heavy atom. The molecule has 1 fully saturated rings. The first-order valence-electron chi connectivity index (χ1n) is 7.21. The third-order valence-electron chi connectivity index (χ3n) is 4.01. The fourth-order valence-corrected chi connectivity index (χ4v) is 2.75. The summed E-state index contributed by atoms with van der Waals surface area (Å²) in [5, 5.41) is 0. The second-order valence-electron chi connectivity index (χ2n) is 5.39. The number of hydrogen-bond donors (Lipinski definition) is 1. The number of hydrogen-bond acceptors (Lipinski definition) is 3. The minimum atomic E-state index is -0.664. The van der Waals surface area contributed by atoms with Crippen molar-refractivity contribution in [3.05, 3.63) is 35.9 Å². The van der Waals surface area contributed by atoms with Gasteiger partial charge in [0.2, 0.25) is 0 Å². The van der Waals surface area contributed by atoms with Crippen LogP contribution in [-0.4, -0.2) is 12.1 Å². The summed E-state index contributed by atoms with van der Waals surface area (Å²) in [7, 11) is 0. The number of carbonyl (C=O) groups is 1. The minimum absolute atomic E-state index is 0.0564. The molecule has 1 aliphatic rings. The molecule has 1 aromatic carbocycles. The van der Waals surface area contributed by atoms with Gasteiger partial charge in [0, 0.05) is 0 Å². The highest BCUT2D eigenvalue weighted by molar-refractivity contribution is 5.77. The topological polar surface area (TPSA) is 52.3 Å². The first kappa shape index (κ1) is 14.1. The largest absolute Gasteiger partial charge is 0.461 e. The van der Waals surface area contributed by atoms with Crippen molar-refractivity contribution in [3.8, 4) is 0 Å². The van der Waals surface area contributed by atoms with Crippen molar-refractivity contribution in [2.75, 3.05) is 0 Å². The van der Waals surface area contributed by atoms with Crippen LogP contribution in [0.2, 0.25) is 0 Å². The van der Waals surface area contributed by atoms with Crippen LogP contribution in [0.3, 0.4) is 0 Å². The molecule has 0 heterocycles. The molecule has 0 radical (unpaired) electrons. The molecule has 2 unspecified atom stereocenters. The van der Waals surface area contributed by atoms with Crippen molar-refractivity contribution in [1.82, 2.24) is 0 Å². The van der Waals surface area contributed by atoms with E-state index < -0.39 is 6.04 Å². The zero-order valence-electron chi connectivity index (χ0n) is 11.5. The molecule has 0 spiro atoms. The number of ether oxygens (including phenoxy) is 1. The van der Waals surface area contributed by atoms with Gasteiger partial charge in [-0.1, -0.05) is 50.1 Å². The Morgan fingerprint density at radius 1 is 1.37 bits per heavy atom. The highest BCUT2D eigenvalue weighted by Gasteiger charge is 2.26. The van der Waals surface area contributed by atoms with Gasteiger partial charge in [-0.15, -0.1) is 0 Å². The lowest BCUT2D eigenvalue weighted by molar-refractivity contribution is -0.153. The lowest BCUT2D eigenvalue weighted by Gasteiger charge is -2.29. The van der Waals surface area contributed by atoms with Crippen molar-refractivity contribution in [2.45, 2.75) is 51.2 Å². The zero-order chi connectivity index (χ0) is 13.7. The normalized spacial score (nSPS) is 24.7. The number of esters is 1. The van der Waals surface area contributed by atoms with Crippen LogP contribution in [0, 0.1) is 5.92 Å². The molecule has 3 heteroatoms. The van der Waals surface area contributed by atoms with Gasteiger partial charge in [0.1, 0.15) is 12.1 Å². The first-order chi connectivity index (χ1) is 9.20. The standard InChI is InChI=1S/C16H23NO2/c1-2-12-7-6-10-14(11-12)19-16(18)15(17)13-8-4-3-5-9-13/h3-5,8-9,12,14-15H,2,6-7,10-11,17H2,1H3/t12?,14?,15-/m1/s1. The van der Waals surface area contributed by atoms with E-state index in [1.165, 1.54) is 12.8 Å². The monoisotopic (exact) mass is 261 g/mol. The van der Waals surface area contributed by atoms with Crippen molar-refractivity contribution < 1.29 is 9.53 Å². The van der Waals surface area contributed by atoms with E-state index in [9.17, 15) is 4.79 Å². The Balaban J connectivity index is 1.90. The highest BCUT2D eigenvalue weighted by atomic mass is 16.5. The summed E-state index contributed by atoms with van der Waals surface area (Å²) in [6.07, 6.45) is 5.60. The number of rotatable bonds is 4. The van der Waals surface area contributed by atoms with Crippen LogP contribution < -0.4 is 5.73 Å². The molecule has 3 atom stereocenters. The molecule has 3 nitrogen and oxygen atoms in total. The molecule has 0 aromatic heterocycles. The van der Waals surface area contributed by atoms with E-state index in [1.807, 2.05) is 30.3 Å². The van der Waals surface area contributed by atoms with Gasteiger partial charge in [-0.3, -0.25) is 0 Å². The van der Waals surface area contributed by atoms with E-state index in [4.69, 9.17) is 10.5 Å². The molecule has 0 saturated heterocycles. The van der Waals surface area contributed by atoms with Gasteiger partial charge in [0.25, 0.3) is 0 Å². The lowest BCUT2D eigenvalue weighted by atomic mass is 9.85. The average Bonchev–Trinajstić information content (AvgIpc) is 2.47. The van der Waals surface area contributed by atoms with E-state index in [0.717, 1.165) is 24.8 Å². The van der Waals surface area contributed by atoms with Crippen LogP contribution in [0.1, 0.15) is 50.6 Å². The van der Waals surface area contributed by atoms with Crippen LogP contribution >= 0.6 is 0 Å². The SMILES string of the molecule is CCC1CCCC(OC(=O)[C@H](N)c2ccccc2)C1. The quantitative estimate of drug-likeness (QED) is 0.847. The fraction of sp³-hybridized carbons (Fsp3) is 0.562. The van der Waals surface area contributed by atoms with Gasteiger partial charge in [0.05, 0.1) is 0 Å². The maximum atomic E-state index is 12.1. The molecular formula is C16H23NO2. The molecule has 1 saturated carbocycles. The van der Waals surface area contributed by atoms with Gasteiger partial charge < -0.3 is 10.5 Å². The fourth-order valence-electron chi connectivity index (χ4n) is 2.75. The summed E-state index contributed by atoms with van der Waals surface area (Å²) < 4.78 is 5.58. The van der Waals surface area contributed by atoms with E-state index >= 15 is 0 Å². The minimum Gasteiger partial charge on any atom is -0.461 e. The molecule has 104 valence electrons. The summed E-state index contributed by atoms with van der Waals surface area (Å²) in [5.74, 6) is 0.396. The molecular weight excluding hydrogens is 238 g/mol. The Morgan fingerprint density at radius 2 is 2.11 bits per heavy atom. The highest BCUT2D eigenvalue weighted by Crippen LogP contribution is 2.29. The van der Waals surface area contributed by atoms with Crippen molar-refractivity contribution in [3.63, 3.8) is 0 Å². The number of benzene rings is 1. The molecule has 1 aromatic rings. The lowest BCUT2D eigenvalue weighted by Crippen LogP contribution is -2.31. The zero-order valence-corrected chi connectivity index (χ0v) is 11.5. The second-order valence-corrected chi connectivity index (χ2v) is 5.39.